The molecule has 0 rings (SSSR count). The molecule has 0 aromatic rings. The molecule has 0 amide bonds. The summed E-state index contributed by atoms with van der Waals surface area (Å²) in [5.74, 6) is -2.56. The first-order valence-corrected chi connectivity index (χ1v) is 5.04. The number of ether oxygens (including phenoxy) is 1. The second kappa shape index (κ2) is 20.5. The Bertz CT molecular complexity index is 252. The van der Waals surface area contributed by atoms with E-state index in [0.717, 1.165) is 6.08 Å². The zero-order valence-corrected chi connectivity index (χ0v) is 15.8. The van der Waals surface area contributed by atoms with E-state index in [1.165, 1.54) is 7.11 Å². The summed E-state index contributed by atoms with van der Waals surface area (Å²) in [5.41, 5.74) is 0. The molecule has 0 N–H and O–H groups in total. The maximum absolute atomic E-state index is 9.86. The van der Waals surface area contributed by atoms with Crippen LogP contribution >= 0.6 is 0 Å². The second-order valence-electron chi connectivity index (χ2n) is 3.03. The summed E-state index contributed by atoms with van der Waals surface area (Å²) in [6.45, 7) is 3.16. The number of methoxy groups -OCH3 is 1. The molecule has 0 aliphatic carbocycles. The summed E-state index contributed by atoms with van der Waals surface area (Å²) in [6.07, 6.45) is 2.69. The first-order valence-electron chi connectivity index (χ1n) is 5.04. The number of esters is 1. The van der Waals surface area contributed by atoms with E-state index in [1.807, 2.05) is 0 Å². The van der Waals surface area contributed by atoms with Crippen molar-refractivity contribution in [3.63, 3.8) is 0 Å². The summed E-state index contributed by atoms with van der Waals surface area (Å²) in [6, 6.07) is 0. The van der Waals surface area contributed by atoms with Gasteiger partial charge in [-0.2, -0.15) is 0 Å². The van der Waals surface area contributed by atoms with Crippen molar-refractivity contribution in [2.24, 2.45) is 0 Å². The number of carboxylic acid groups (broad SMARTS) is 2. The largest absolute Gasteiger partial charge is 1.00 e. The molecule has 98 valence electrons. The van der Waals surface area contributed by atoms with Crippen LogP contribution in [0.2, 0.25) is 0 Å². The molecule has 0 bridgehead atoms. The molecule has 8 heteroatoms. The van der Waals surface area contributed by atoms with Gasteiger partial charge in [-0.25, -0.2) is 4.79 Å². The molecule has 19 heavy (non-hydrogen) atoms. The third kappa shape index (κ3) is 32.1. The van der Waals surface area contributed by atoms with Crippen LogP contribution in [0.3, 0.4) is 0 Å². The van der Waals surface area contributed by atoms with Crippen LogP contribution in [-0.2, 0) is 19.1 Å². The molecular weight excluding hydrogens is 274 g/mol. The van der Waals surface area contributed by atoms with Crippen molar-refractivity contribution in [1.29, 1.82) is 0 Å². The zero-order chi connectivity index (χ0) is 13.7. The number of carboxylic acids is 2. The van der Waals surface area contributed by atoms with Gasteiger partial charge in [-0.3, -0.25) is 0 Å². The van der Waals surface area contributed by atoms with Gasteiger partial charge in [0, 0.05) is 18.0 Å². The van der Waals surface area contributed by atoms with Gasteiger partial charge in [-0.1, -0.05) is 13.0 Å². The van der Waals surface area contributed by atoms with Crippen LogP contribution in [0.5, 0.6) is 0 Å². The zero-order valence-electron chi connectivity index (χ0n) is 11.8. The van der Waals surface area contributed by atoms with Crippen molar-refractivity contribution in [3.05, 3.63) is 12.7 Å². The first-order chi connectivity index (χ1) is 7.93. The van der Waals surface area contributed by atoms with Gasteiger partial charge in [0.15, 0.2) is 0 Å². The molecule has 0 unspecified atom stereocenters. The van der Waals surface area contributed by atoms with Crippen LogP contribution in [-0.4, -0.2) is 25.0 Å². The topological polar surface area (TPSA) is 107 Å². The fourth-order valence-corrected chi connectivity index (χ4v) is 0.799. The smallest absolute Gasteiger partial charge is 0.550 e. The summed E-state index contributed by atoms with van der Waals surface area (Å²) in [4.78, 5) is 29.6. The first kappa shape index (κ1) is 27.5. The van der Waals surface area contributed by atoms with Gasteiger partial charge in [0.05, 0.1) is 7.11 Å². The van der Waals surface area contributed by atoms with Crippen molar-refractivity contribution >= 4 is 17.9 Å². The quantitative estimate of drug-likeness (QED) is 0.200. The van der Waals surface area contributed by atoms with E-state index in [-0.39, 0.29) is 72.0 Å². The van der Waals surface area contributed by atoms with Crippen molar-refractivity contribution < 1.29 is 88.4 Å². The average Bonchev–Trinajstić information content (AvgIpc) is 2.27. The van der Waals surface area contributed by atoms with Gasteiger partial charge in [0.1, 0.15) is 0 Å². The molecule has 0 aliphatic heterocycles. The Hall–Kier alpha value is 0.150. The predicted molar refractivity (Wildman–Crippen MR) is 55.3 cm³/mol. The molecule has 0 radical (unpaired) electrons. The number of hydrogen-bond donors (Lipinski definition) is 0. The SMILES string of the molecule is C=CC(=O)OC.O=C([O-])CCCCCC(=O)[O-].[Na+].[Na+]. The molecule has 0 saturated carbocycles. The molecule has 0 aliphatic rings. The van der Waals surface area contributed by atoms with E-state index >= 15 is 0 Å². The van der Waals surface area contributed by atoms with Crippen LogP contribution in [0.4, 0.5) is 0 Å². The van der Waals surface area contributed by atoms with Gasteiger partial charge in [-0.15, -0.1) is 0 Å². The fourth-order valence-electron chi connectivity index (χ4n) is 0.799. The number of hydrogen-bond acceptors (Lipinski definition) is 6. The van der Waals surface area contributed by atoms with Gasteiger partial charge >= 0.3 is 65.1 Å². The van der Waals surface area contributed by atoms with Gasteiger partial charge < -0.3 is 24.5 Å². The number of rotatable bonds is 7. The van der Waals surface area contributed by atoms with Crippen molar-refractivity contribution in [3.8, 4) is 0 Å². The van der Waals surface area contributed by atoms with Crippen molar-refractivity contribution in [1.82, 2.24) is 0 Å². The number of unbranched alkanes of at least 4 members (excludes halogenated alkanes) is 2. The maximum atomic E-state index is 9.86. The molecule has 6 nitrogen and oxygen atoms in total. The van der Waals surface area contributed by atoms with E-state index in [1.54, 1.807) is 0 Å². The van der Waals surface area contributed by atoms with Crippen LogP contribution in [0, 0.1) is 0 Å². The Morgan fingerprint density at radius 2 is 1.37 bits per heavy atom. The summed E-state index contributed by atoms with van der Waals surface area (Å²) in [7, 11) is 1.31. The average molecular weight is 290 g/mol. The third-order valence-electron chi connectivity index (χ3n) is 1.63. The summed E-state index contributed by atoms with van der Waals surface area (Å²) < 4.78 is 4.14. The molecule has 0 heterocycles. The van der Waals surface area contributed by atoms with E-state index < -0.39 is 17.9 Å². The van der Waals surface area contributed by atoms with Gasteiger partial charge in [-0.05, 0) is 25.7 Å². The van der Waals surface area contributed by atoms with E-state index in [0.29, 0.717) is 19.3 Å². The molecule has 0 spiro atoms. The molecule has 0 aromatic heterocycles. The Labute approximate surface area is 157 Å². The van der Waals surface area contributed by atoms with Gasteiger partial charge in [0.25, 0.3) is 0 Å². The van der Waals surface area contributed by atoms with Crippen molar-refractivity contribution in [2.75, 3.05) is 7.11 Å². The molecule has 0 aromatic carbocycles. The Morgan fingerprint density at radius 1 is 1.00 bits per heavy atom. The van der Waals surface area contributed by atoms with Crippen LogP contribution in [0.25, 0.3) is 0 Å². The minimum Gasteiger partial charge on any atom is -0.550 e. The predicted octanol–water partition coefficient (Wildman–Crippen LogP) is -7.21. The monoisotopic (exact) mass is 290 g/mol. The van der Waals surface area contributed by atoms with Crippen LogP contribution in [0.1, 0.15) is 32.1 Å². The normalized spacial score (nSPS) is 7.63. The minimum absolute atomic E-state index is 0. The summed E-state index contributed by atoms with van der Waals surface area (Å²) >= 11 is 0. The fraction of sp³-hybridized carbons (Fsp3) is 0.545. The van der Waals surface area contributed by atoms with E-state index in [9.17, 15) is 24.6 Å². The Balaban J connectivity index is -0.000000123. The molecule has 0 fully saturated rings. The Kier molecular flexibility index (Phi) is 29.6. The molecule has 0 saturated heterocycles. The van der Waals surface area contributed by atoms with Gasteiger partial charge in [0.2, 0.25) is 0 Å². The Morgan fingerprint density at radius 3 is 1.53 bits per heavy atom. The number of carbonyl (C=O) groups excluding carboxylic acids is 3. The molecule has 0 atom stereocenters. The standard InChI is InChI=1S/C7H12O4.C4H6O2.2Na/c8-6(9)4-2-1-3-5-7(10)11;1-3-4(5)6-2;;/h1-5H2,(H,8,9)(H,10,11);3H,1H2,2H3;;/q;;2*+1/p-2. The molecular formula is C11H16Na2O6. The minimum atomic E-state index is -1.08. The maximum Gasteiger partial charge on any atom is 1.00 e. The number of carbonyl (C=O) groups is 3. The second-order valence-corrected chi connectivity index (χ2v) is 3.03. The third-order valence-corrected chi connectivity index (χ3v) is 1.63. The van der Waals surface area contributed by atoms with Crippen LogP contribution in [0.15, 0.2) is 12.7 Å². The van der Waals surface area contributed by atoms with E-state index in [2.05, 4.69) is 11.3 Å². The van der Waals surface area contributed by atoms with E-state index in [4.69, 9.17) is 0 Å². The van der Waals surface area contributed by atoms with Crippen molar-refractivity contribution in [2.45, 2.75) is 32.1 Å². The number of aliphatic carboxylic acids is 2. The summed E-state index contributed by atoms with van der Waals surface area (Å²) in [5, 5.41) is 19.7. The van der Waals surface area contributed by atoms with Crippen LogP contribution < -0.4 is 69.3 Å².